The molecular formula is C40H42N2. The van der Waals surface area contributed by atoms with Crippen molar-refractivity contribution in [3.05, 3.63) is 131 Å². The number of benzene rings is 4. The maximum atomic E-state index is 2.47. The molecule has 1 atom stereocenters. The summed E-state index contributed by atoms with van der Waals surface area (Å²) in [5, 5.41) is 5.39. The maximum Gasteiger partial charge on any atom is 0.0565 e. The second kappa shape index (κ2) is 9.76. The van der Waals surface area contributed by atoms with Crippen molar-refractivity contribution in [2.24, 2.45) is 0 Å². The summed E-state index contributed by atoms with van der Waals surface area (Å²) in [5.74, 6) is 0. The number of anilines is 2. The summed E-state index contributed by atoms with van der Waals surface area (Å²) in [6.45, 7) is 9.56. The van der Waals surface area contributed by atoms with Gasteiger partial charge in [0.15, 0.2) is 0 Å². The zero-order valence-corrected chi connectivity index (χ0v) is 25.9. The summed E-state index contributed by atoms with van der Waals surface area (Å²) in [6.07, 6.45) is 15.5. The largest absolute Gasteiger partial charge is 0.367 e. The summed E-state index contributed by atoms with van der Waals surface area (Å²) in [5.41, 5.74) is 9.77. The summed E-state index contributed by atoms with van der Waals surface area (Å²) in [6, 6.07) is 27.1. The van der Waals surface area contributed by atoms with E-state index in [1.807, 2.05) is 0 Å². The molecule has 212 valence electrons. The summed E-state index contributed by atoms with van der Waals surface area (Å²) >= 11 is 0. The van der Waals surface area contributed by atoms with Crippen LogP contribution in [0.3, 0.4) is 0 Å². The Balaban J connectivity index is 1.17. The fourth-order valence-corrected chi connectivity index (χ4v) is 8.12. The quantitative estimate of drug-likeness (QED) is 0.250. The van der Waals surface area contributed by atoms with Crippen LogP contribution in [0.25, 0.3) is 21.5 Å². The van der Waals surface area contributed by atoms with Crippen molar-refractivity contribution >= 4 is 32.9 Å². The molecule has 7 rings (SSSR count). The van der Waals surface area contributed by atoms with E-state index in [1.165, 1.54) is 67.3 Å². The van der Waals surface area contributed by atoms with Crippen molar-refractivity contribution in [3.63, 3.8) is 0 Å². The smallest absolute Gasteiger partial charge is 0.0565 e. The van der Waals surface area contributed by atoms with Crippen LogP contribution >= 0.6 is 0 Å². The molecule has 0 amide bonds. The first kappa shape index (κ1) is 26.8. The van der Waals surface area contributed by atoms with Crippen LogP contribution in [0, 0.1) is 0 Å². The van der Waals surface area contributed by atoms with Gasteiger partial charge in [-0.15, -0.1) is 0 Å². The molecule has 1 aliphatic carbocycles. The first-order chi connectivity index (χ1) is 20.2. The van der Waals surface area contributed by atoms with Gasteiger partial charge in [0.2, 0.25) is 0 Å². The molecule has 0 saturated carbocycles. The molecule has 2 aliphatic heterocycles. The average molecular weight is 551 g/mol. The number of allylic oxidation sites excluding steroid dienone is 7. The van der Waals surface area contributed by atoms with Gasteiger partial charge in [-0.1, -0.05) is 113 Å². The minimum atomic E-state index is -0.0546. The minimum absolute atomic E-state index is 0.0254. The fraction of sp³-hybridized carbons (Fsp3) is 0.300. The molecule has 0 N–H and O–H groups in total. The Kier molecular flexibility index (Phi) is 6.24. The van der Waals surface area contributed by atoms with E-state index >= 15 is 0 Å². The summed E-state index contributed by atoms with van der Waals surface area (Å²) < 4.78 is 0. The molecule has 2 nitrogen and oxygen atoms in total. The van der Waals surface area contributed by atoms with Gasteiger partial charge in [0.1, 0.15) is 0 Å². The average Bonchev–Trinajstić information content (AvgIpc) is 3.32. The molecular weight excluding hydrogens is 508 g/mol. The standard InChI is InChI=1S/C40H42N2/c1-39(2)35(41(5)33-22-20-29-14-7-9-16-31(29)37(33)39)24-18-27-12-11-13-28(26-27)19-25-36-40(3,4)38-32-17-10-8-15-30(32)21-23-34(38)42(36)6/h7-10,14-26,35H,11-13H2,1-6H3/b24-18+,28-19+,36-25+. The molecule has 0 bridgehead atoms. The third-order valence-corrected chi connectivity index (χ3v) is 10.2. The van der Waals surface area contributed by atoms with Crippen molar-refractivity contribution in [2.75, 3.05) is 23.9 Å². The Bertz CT molecular complexity index is 1840. The molecule has 4 aromatic rings. The first-order valence-corrected chi connectivity index (χ1v) is 15.5. The Morgan fingerprint density at radius 2 is 1.36 bits per heavy atom. The fourth-order valence-electron chi connectivity index (χ4n) is 8.12. The Morgan fingerprint density at radius 1 is 0.714 bits per heavy atom. The third kappa shape index (κ3) is 4.07. The zero-order chi connectivity index (χ0) is 29.2. The normalized spacial score (nSPS) is 22.9. The Morgan fingerprint density at radius 3 is 2.07 bits per heavy atom. The van der Waals surface area contributed by atoms with Crippen molar-refractivity contribution in [3.8, 4) is 0 Å². The van der Waals surface area contributed by atoms with Gasteiger partial charge in [0.05, 0.1) is 6.04 Å². The van der Waals surface area contributed by atoms with Crippen LogP contribution in [0.4, 0.5) is 11.4 Å². The second-order valence-corrected chi connectivity index (χ2v) is 13.5. The van der Waals surface area contributed by atoms with E-state index in [4.69, 9.17) is 0 Å². The topological polar surface area (TPSA) is 6.48 Å². The number of rotatable bonds is 3. The van der Waals surface area contributed by atoms with Crippen LogP contribution in [0.15, 0.2) is 120 Å². The van der Waals surface area contributed by atoms with E-state index in [1.54, 1.807) is 0 Å². The molecule has 0 saturated heterocycles. The lowest BCUT2D eigenvalue weighted by molar-refractivity contribution is 0.490. The minimum Gasteiger partial charge on any atom is -0.367 e. The molecule has 3 aliphatic rings. The lowest BCUT2D eigenvalue weighted by atomic mass is 9.78. The molecule has 0 spiro atoms. The van der Waals surface area contributed by atoms with Gasteiger partial charge in [-0.2, -0.15) is 0 Å². The van der Waals surface area contributed by atoms with Gasteiger partial charge in [-0.05, 0) is 81.3 Å². The van der Waals surface area contributed by atoms with Crippen molar-refractivity contribution < 1.29 is 0 Å². The van der Waals surface area contributed by atoms with Gasteiger partial charge in [-0.25, -0.2) is 0 Å². The van der Waals surface area contributed by atoms with Gasteiger partial charge >= 0.3 is 0 Å². The SMILES string of the molecule is CN1/C(=C/C=C2C=C(/C=C/C3N(C)c4ccc5ccccc5c4C3(C)C)CCC/2)C(C)(C)c2c1ccc1ccccc21. The van der Waals surface area contributed by atoms with E-state index in [9.17, 15) is 0 Å². The van der Waals surface area contributed by atoms with Crippen molar-refractivity contribution in [1.82, 2.24) is 0 Å². The maximum absolute atomic E-state index is 2.47. The van der Waals surface area contributed by atoms with E-state index in [-0.39, 0.29) is 10.8 Å². The van der Waals surface area contributed by atoms with E-state index in [0.29, 0.717) is 6.04 Å². The number of likely N-dealkylation sites (N-methyl/N-ethyl adjacent to an activating group) is 2. The van der Waals surface area contributed by atoms with Crippen LogP contribution in [-0.4, -0.2) is 20.1 Å². The van der Waals surface area contributed by atoms with E-state index in [0.717, 1.165) is 12.8 Å². The lowest BCUT2D eigenvalue weighted by Gasteiger charge is -2.30. The van der Waals surface area contributed by atoms with Crippen molar-refractivity contribution in [1.29, 1.82) is 0 Å². The number of hydrogen-bond donors (Lipinski definition) is 0. The van der Waals surface area contributed by atoms with Crippen LogP contribution < -0.4 is 9.80 Å². The van der Waals surface area contributed by atoms with Crippen molar-refractivity contribution in [2.45, 2.75) is 63.8 Å². The van der Waals surface area contributed by atoms with Crippen LogP contribution in [0.1, 0.15) is 58.1 Å². The second-order valence-electron chi connectivity index (χ2n) is 13.5. The van der Waals surface area contributed by atoms with Gasteiger partial charge < -0.3 is 9.80 Å². The summed E-state index contributed by atoms with van der Waals surface area (Å²) in [7, 11) is 4.48. The Labute approximate surface area is 251 Å². The van der Waals surface area contributed by atoms with Crippen LogP contribution in [-0.2, 0) is 10.8 Å². The third-order valence-electron chi connectivity index (χ3n) is 10.2. The van der Waals surface area contributed by atoms with Gasteiger partial charge in [0.25, 0.3) is 0 Å². The molecule has 2 heterocycles. The number of nitrogens with zero attached hydrogens (tertiary/aromatic N) is 2. The van der Waals surface area contributed by atoms with Gasteiger partial charge in [-0.3, -0.25) is 0 Å². The van der Waals surface area contributed by atoms with E-state index in [2.05, 4.69) is 155 Å². The summed E-state index contributed by atoms with van der Waals surface area (Å²) in [4.78, 5) is 4.87. The van der Waals surface area contributed by atoms with Crippen LogP contribution in [0.5, 0.6) is 0 Å². The predicted molar refractivity (Wildman–Crippen MR) is 182 cm³/mol. The molecule has 1 unspecified atom stereocenters. The highest BCUT2D eigenvalue weighted by molar-refractivity contribution is 5.95. The Hall–Kier alpha value is -4.04. The highest BCUT2D eigenvalue weighted by Gasteiger charge is 2.43. The number of fused-ring (bicyclic) bond motifs is 6. The monoisotopic (exact) mass is 550 g/mol. The van der Waals surface area contributed by atoms with Crippen LogP contribution in [0.2, 0.25) is 0 Å². The highest BCUT2D eigenvalue weighted by atomic mass is 15.2. The molecule has 4 aromatic carbocycles. The number of hydrogen-bond acceptors (Lipinski definition) is 2. The zero-order valence-electron chi connectivity index (χ0n) is 25.9. The molecule has 42 heavy (non-hydrogen) atoms. The van der Waals surface area contributed by atoms with E-state index < -0.39 is 0 Å². The lowest BCUT2D eigenvalue weighted by Crippen LogP contribution is -2.37. The van der Waals surface area contributed by atoms with Gasteiger partial charge in [0, 0.05) is 42.0 Å². The molecule has 0 fully saturated rings. The highest BCUT2D eigenvalue weighted by Crippen LogP contribution is 2.50. The predicted octanol–water partition coefficient (Wildman–Crippen LogP) is 9.99. The molecule has 0 aromatic heterocycles. The molecule has 2 heteroatoms. The first-order valence-electron chi connectivity index (χ1n) is 15.5. The molecule has 0 radical (unpaired) electrons.